The average molecular weight is 1100 g/mol. The molecule has 6 heterocycles. The number of nitrogens with zero attached hydrogens (tertiary/aromatic N) is 8. The van der Waals surface area contributed by atoms with Crippen molar-refractivity contribution in [2.45, 2.75) is 130 Å². The van der Waals surface area contributed by atoms with Crippen LogP contribution in [-0.4, -0.2) is 118 Å². The third kappa shape index (κ3) is 14.1. The van der Waals surface area contributed by atoms with Gasteiger partial charge in [-0.25, -0.2) is 43.7 Å². The third-order valence-electron chi connectivity index (χ3n) is 13.3. The summed E-state index contributed by atoms with van der Waals surface area (Å²) < 4.78 is 14.2. The number of anilines is 2. The Morgan fingerprint density at radius 1 is 0.600 bits per heavy atom. The van der Waals surface area contributed by atoms with Gasteiger partial charge in [0, 0.05) is 61.8 Å². The van der Waals surface area contributed by atoms with Gasteiger partial charge in [-0.05, 0) is 153 Å². The third-order valence-corrected chi connectivity index (χ3v) is 13.3. The number of ether oxygens (including phenoxy) is 2. The Morgan fingerprint density at radius 3 is 1.34 bits per heavy atom. The summed E-state index contributed by atoms with van der Waals surface area (Å²) in [6.45, 7) is 15.9. The van der Waals surface area contributed by atoms with Gasteiger partial charge in [0.2, 0.25) is 0 Å². The first-order valence-corrected chi connectivity index (χ1v) is 26.9. The maximum atomic E-state index is 13.1. The molecule has 7 N–H and O–H groups in total. The number of piperidine rings is 2. The molecule has 4 aromatic heterocycles. The van der Waals surface area contributed by atoms with E-state index in [0.29, 0.717) is 77.2 Å². The highest BCUT2D eigenvalue weighted by Crippen LogP contribution is 2.37. The Bertz CT molecular complexity index is 3000. The Kier molecular flexibility index (Phi) is 18.6. The molecule has 80 heavy (non-hydrogen) atoms. The number of amides is 5. The van der Waals surface area contributed by atoms with E-state index in [-0.39, 0.29) is 28.9 Å². The number of nitrogens with two attached hydrogens (primary N) is 1. The number of aromatic nitrogens is 6. The number of hydrogen-bond donors (Lipinski definition) is 6. The molecule has 6 aromatic rings. The summed E-state index contributed by atoms with van der Waals surface area (Å²) in [7, 11) is 3.27. The van der Waals surface area contributed by atoms with Crippen molar-refractivity contribution in [2.75, 3.05) is 48.7 Å². The fourth-order valence-corrected chi connectivity index (χ4v) is 9.54. The van der Waals surface area contributed by atoms with E-state index in [9.17, 15) is 33.9 Å². The van der Waals surface area contributed by atoms with Crippen LogP contribution in [0.1, 0.15) is 170 Å². The number of carboxylic acids is 1. The molecule has 8 rings (SSSR count). The molecule has 2 saturated heterocycles. The molecule has 0 aliphatic carbocycles. The highest BCUT2D eigenvalue weighted by molar-refractivity contribution is 6.05. The molecular weight excluding hydrogens is 1020 g/mol. The minimum Gasteiger partial charge on any atom is -0.476 e. The molecule has 2 atom stereocenters. The number of likely N-dealkylation sites (tertiary alicyclic amines) is 2. The van der Waals surface area contributed by atoms with Gasteiger partial charge in [-0.3, -0.25) is 24.2 Å². The van der Waals surface area contributed by atoms with Crippen molar-refractivity contribution < 1.29 is 43.3 Å². The van der Waals surface area contributed by atoms with Crippen LogP contribution in [0.25, 0.3) is 22.5 Å². The molecule has 22 nitrogen and oxygen atoms in total. The average Bonchev–Trinajstić information content (AvgIpc) is 4.06. The van der Waals surface area contributed by atoms with E-state index in [0.717, 1.165) is 49.7 Å². The molecule has 2 fully saturated rings. The number of carboxylic acid groups (broad SMARTS) is 1. The number of imidazole rings is 2. The molecular formula is C58H73N13O9. The minimum atomic E-state index is -1.17. The number of aromatic carboxylic acids is 1. The first kappa shape index (κ1) is 58.9. The van der Waals surface area contributed by atoms with Gasteiger partial charge in [0.05, 0.1) is 12.1 Å². The molecule has 2 aromatic carbocycles. The van der Waals surface area contributed by atoms with Crippen LogP contribution in [0.4, 0.5) is 21.2 Å². The molecule has 5 amide bonds. The minimum absolute atomic E-state index is 0.0648. The van der Waals surface area contributed by atoms with E-state index in [1.54, 1.807) is 84.8 Å². The standard InChI is InChI=1S/C29H37N7O4.C29H36N6O5/c1-6-18-14-15-32-22(17-18)33-27(38)20-12-10-19(11-13-20)23-24(25(30)37)36(31-5)26(34-23)21-9-7-8-16-35(21)28(39)40-29(2,3)4;1-6-18-14-15-31-22(17-18)32-26(36)20-12-10-19(11-13-20)23-24(27(37)38)35(30-5)25(33-23)21-9-7-8-16-34(21)28(39)40-29(2,3)4/h10-15,17,21,31H,6-9,16H2,1-5H3,(H2,30,37)(H,32,33,38);10-15,17,21,30H,6-9,16H2,1-5H3,(H,37,38)(H,31,32,36)/t2*21-/m00/s1. The first-order valence-electron chi connectivity index (χ1n) is 26.9. The summed E-state index contributed by atoms with van der Waals surface area (Å²) in [6.07, 6.45) is 8.75. The Labute approximate surface area is 465 Å². The smallest absolute Gasteiger partial charge is 0.410 e. The molecule has 0 spiro atoms. The SMILES string of the molecule is CCc1ccnc(NC(=O)c2ccc(-c3nc([C@@H]4CCCCN4C(=O)OC(C)(C)C)n(NC)c3C(=O)O)cc2)c1.CCc1ccnc(NC(=O)c2ccc(-c3nc([C@@H]4CCCCN4C(=O)OC(C)(C)C)n(NC)c3C(N)=O)cc2)c1. The number of rotatable bonds is 14. The second-order valence-electron chi connectivity index (χ2n) is 21.4. The van der Waals surface area contributed by atoms with Gasteiger partial charge in [-0.2, -0.15) is 0 Å². The zero-order chi connectivity index (χ0) is 58.1. The topological polar surface area (TPSA) is 283 Å². The lowest BCUT2D eigenvalue weighted by Gasteiger charge is -2.36. The van der Waals surface area contributed by atoms with Crippen LogP contribution in [0.3, 0.4) is 0 Å². The van der Waals surface area contributed by atoms with Crippen molar-refractivity contribution in [1.29, 1.82) is 0 Å². The number of nitrogens with one attached hydrogen (secondary N) is 4. The number of pyridine rings is 2. The lowest BCUT2D eigenvalue weighted by Crippen LogP contribution is -2.43. The van der Waals surface area contributed by atoms with Crippen molar-refractivity contribution in [3.8, 4) is 22.5 Å². The van der Waals surface area contributed by atoms with Crippen LogP contribution < -0.4 is 27.2 Å². The van der Waals surface area contributed by atoms with Crippen LogP contribution in [0.2, 0.25) is 0 Å². The van der Waals surface area contributed by atoms with Gasteiger partial charge in [0.25, 0.3) is 17.7 Å². The quantitative estimate of drug-likeness (QED) is 0.0592. The fraction of sp³-hybridized carbons (Fsp3) is 0.414. The predicted molar refractivity (Wildman–Crippen MR) is 304 cm³/mol. The zero-order valence-electron chi connectivity index (χ0n) is 47.2. The van der Waals surface area contributed by atoms with Gasteiger partial charge in [-0.1, -0.05) is 38.1 Å². The van der Waals surface area contributed by atoms with Gasteiger partial charge in [0.15, 0.2) is 23.0 Å². The van der Waals surface area contributed by atoms with Gasteiger partial charge < -0.3 is 41.8 Å². The summed E-state index contributed by atoms with van der Waals surface area (Å²) in [5.74, 6) is -0.658. The Balaban J connectivity index is 0.000000231. The van der Waals surface area contributed by atoms with Crippen LogP contribution >= 0.6 is 0 Å². The Morgan fingerprint density at radius 2 is 0.988 bits per heavy atom. The maximum Gasteiger partial charge on any atom is 0.410 e. The molecule has 0 unspecified atom stereocenters. The van der Waals surface area contributed by atoms with Crippen LogP contribution in [0.5, 0.6) is 0 Å². The summed E-state index contributed by atoms with van der Waals surface area (Å²) in [6, 6.07) is 19.9. The summed E-state index contributed by atoms with van der Waals surface area (Å²) >= 11 is 0. The predicted octanol–water partition coefficient (Wildman–Crippen LogP) is 9.59. The van der Waals surface area contributed by atoms with E-state index < -0.39 is 47.3 Å². The van der Waals surface area contributed by atoms with Crippen molar-refractivity contribution in [3.63, 3.8) is 0 Å². The van der Waals surface area contributed by atoms with Crippen molar-refractivity contribution in [1.82, 2.24) is 39.1 Å². The number of carbonyl (C=O) groups excluding carboxylic acids is 5. The molecule has 0 saturated carbocycles. The van der Waals surface area contributed by atoms with Crippen LogP contribution in [-0.2, 0) is 22.3 Å². The highest BCUT2D eigenvalue weighted by Gasteiger charge is 2.39. The molecule has 22 heteroatoms. The fourth-order valence-electron chi connectivity index (χ4n) is 9.54. The Hall–Kier alpha value is -8.82. The molecule has 424 valence electrons. The lowest BCUT2D eigenvalue weighted by molar-refractivity contribution is 0.00720. The van der Waals surface area contributed by atoms with Gasteiger partial charge in [-0.15, -0.1) is 0 Å². The monoisotopic (exact) mass is 1100 g/mol. The maximum absolute atomic E-state index is 13.1. The number of primary amides is 1. The summed E-state index contributed by atoms with van der Waals surface area (Å²) in [4.78, 5) is 98.1. The first-order chi connectivity index (χ1) is 38.0. The van der Waals surface area contributed by atoms with Gasteiger partial charge in [0.1, 0.15) is 34.2 Å². The van der Waals surface area contributed by atoms with E-state index in [1.807, 2.05) is 79.7 Å². The second-order valence-corrected chi connectivity index (χ2v) is 21.4. The van der Waals surface area contributed by atoms with Crippen LogP contribution in [0, 0.1) is 0 Å². The van der Waals surface area contributed by atoms with Crippen molar-refractivity contribution >= 4 is 47.5 Å². The molecule has 0 radical (unpaired) electrons. The number of hydrogen-bond acceptors (Lipinski definition) is 14. The molecule has 2 aliphatic heterocycles. The normalized spacial score (nSPS) is 15.4. The molecule has 2 aliphatic rings. The van der Waals surface area contributed by atoms with E-state index in [4.69, 9.17) is 25.2 Å². The van der Waals surface area contributed by atoms with Crippen molar-refractivity contribution in [2.24, 2.45) is 5.73 Å². The summed E-state index contributed by atoms with van der Waals surface area (Å²) in [5.41, 5.74) is 15.2. The summed E-state index contributed by atoms with van der Waals surface area (Å²) in [5, 5.41) is 15.8. The largest absolute Gasteiger partial charge is 0.476 e. The zero-order valence-corrected chi connectivity index (χ0v) is 47.2. The second kappa shape index (κ2) is 25.3. The van der Waals surface area contributed by atoms with Crippen molar-refractivity contribution in [3.05, 3.63) is 130 Å². The molecule has 0 bridgehead atoms. The number of aryl methyl sites for hydroxylation is 2. The van der Waals surface area contributed by atoms with E-state index in [2.05, 4.69) is 31.5 Å². The number of carbonyl (C=O) groups is 6. The van der Waals surface area contributed by atoms with Crippen LogP contribution in [0.15, 0.2) is 85.2 Å². The highest BCUT2D eigenvalue weighted by atomic mass is 16.6. The van der Waals surface area contributed by atoms with E-state index >= 15 is 0 Å². The lowest BCUT2D eigenvalue weighted by atomic mass is 10.0. The van der Waals surface area contributed by atoms with E-state index in [1.165, 1.54) is 9.35 Å². The number of benzene rings is 2. The van der Waals surface area contributed by atoms with Gasteiger partial charge >= 0.3 is 18.2 Å².